The lowest BCUT2D eigenvalue weighted by Crippen LogP contribution is -2.50. The van der Waals surface area contributed by atoms with Crippen LogP contribution in [0.3, 0.4) is 0 Å². The minimum Gasteiger partial charge on any atom is -0.369 e. The molecule has 53 heavy (non-hydrogen) atoms. The number of fused-ring (bicyclic) bond motifs is 1. The van der Waals surface area contributed by atoms with Crippen molar-refractivity contribution in [3.63, 3.8) is 0 Å². The second kappa shape index (κ2) is 16.6. The summed E-state index contributed by atoms with van der Waals surface area (Å²) in [5, 5.41) is 2.98. The number of primary amides is 1. The molecule has 0 saturated heterocycles. The zero-order chi connectivity index (χ0) is 37.5. The maximum absolute atomic E-state index is 14.8. The fourth-order valence-electron chi connectivity index (χ4n) is 7.66. The Kier molecular flexibility index (Phi) is 11.8. The van der Waals surface area contributed by atoms with Crippen molar-refractivity contribution >= 4 is 29.1 Å². The minimum absolute atomic E-state index is 0.0974. The van der Waals surface area contributed by atoms with Crippen molar-refractivity contribution in [3.05, 3.63) is 125 Å². The number of halogens is 3. The second-order valence-electron chi connectivity index (χ2n) is 14.1. The van der Waals surface area contributed by atoms with Gasteiger partial charge in [-0.05, 0) is 59.7 Å². The van der Waals surface area contributed by atoms with Crippen molar-refractivity contribution < 1.29 is 27.6 Å². The number of benzene rings is 4. The molecule has 0 radical (unpaired) electrons. The van der Waals surface area contributed by atoms with Gasteiger partial charge in [-0.15, -0.1) is 0 Å². The van der Waals surface area contributed by atoms with Crippen LogP contribution in [0.4, 0.5) is 18.9 Å². The van der Waals surface area contributed by atoms with Gasteiger partial charge in [0.1, 0.15) is 0 Å². The lowest BCUT2D eigenvalue weighted by molar-refractivity contribution is -0.137. The number of nitrogens with zero attached hydrogens (tertiary/aromatic N) is 2. The molecule has 3 atom stereocenters. The van der Waals surface area contributed by atoms with E-state index in [0.717, 1.165) is 61.8 Å². The number of carbonyl (C=O) groups excluding carboxylic acids is 3. The number of anilines is 1. The maximum Gasteiger partial charge on any atom is 0.416 e. The van der Waals surface area contributed by atoms with Gasteiger partial charge in [0.2, 0.25) is 18.0 Å². The summed E-state index contributed by atoms with van der Waals surface area (Å²) < 4.78 is 39.7. The molecular weight excluding hydrogens is 677 g/mol. The number of aliphatic imine (C=N–C) groups is 1. The van der Waals surface area contributed by atoms with Crippen molar-refractivity contribution in [2.45, 2.75) is 77.2 Å². The van der Waals surface area contributed by atoms with E-state index in [0.29, 0.717) is 46.8 Å². The van der Waals surface area contributed by atoms with Gasteiger partial charge in [-0.25, -0.2) is 4.99 Å². The number of carbonyl (C=O) groups is 3. The van der Waals surface area contributed by atoms with Crippen molar-refractivity contribution in [1.29, 1.82) is 0 Å². The quantitative estimate of drug-likeness (QED) is 0.144. The number of rotatable bonds is 13. The zero-order valence-electron chi connectivity index (χ0n) is 29.8. The minimum atomic E-state index is -4.44. The number of alkyl halides is 3. The fourth-order valence-corrected chi connectivity index (χ4v) is 7.66. The molecule has 1 aliphatic carbocycles. The summed E-state index contributed by atoms with van der Waals surface area (Å²) in [6.07, 6.45) is 0.959. The summed E-state index contributed by atoms with van der Waals surface area (Å²) in [4.78, 5) is 48.6. The van der Waals surface area contributed by atoms with Gasteiger partial charge in [0.05, 0.1) is 23.5 Å². The van der Waals surface area contributed by atoms with Gasteiger partial charge < -0.3 is 16.0 Å². The third-order valence-electron chi connectivity index (χ3n) is 10.5. The van der Waals surface area contributed by atoms with E-state index >= 15 is 0 Å². The molecule has 1 fully saturated rings. The van der Waals surface area contributed by atoms with Gasteiger partial charge >= 0.3 is 6.18 Å². The summed E-state index contributed by atoms with van der Waals surface area (Å²) in [6, 6.07) is 29.2. The molecular formula is C43H45F3N4O3. The van der Waals surface area contributed by atoms with Crippen LogP contribution in [0, 0.1) is 17.8 Å². The average Bonchev–Trinajstić information content (AvgIpc) is 3.65. The molecule has 1 aliphatic heterocycles. The largest absolute Gasteiger partial charge is 0.416 e. The molecule has 6 rings (SSSR count). The van der Waals surface area contributed by atoms with E-state index in [1.54, 1.807) is 11.0 Å². The third-order valence-corrected chi connectivity index (χ3v) is 10.5. The van der Waals surface area contributed by atoms with Crippen molar-refractivity contribution in [1.82, 2.24) is 5.32 Å². The van der Waals surface area contributed by atoms with E-state index in [-0.39, 0.29) is 6.54 Å². The molecule has 10 heteroatoms. The van der Waals surface area contributed by atoms with Gasteiger partial charge in [0, 0.05) is 23.0 Å². The van der Waals surface area contributed by atoms with E-state index in [1.165, 1.54) is 12.1 Å². The van der Waals surface area contributed by atoms with Crippen molar-refractivity contribution in [2.75, 3.05) is 4.90 Å². The standard InChI is InChI=1S/C43H45F3N4O3/c1-2-3-18-34(39(47)51)36(26-28-12-7-8-13-28)41(52)49-40-42(53)50(37-20-10-9-19-35(37)38(48-40)31-15-5-4-6-16-31)27-29-14-11-17-32(25-29)30-21-23-33(24-22-30)43(44,45)46/h4-6,9-11,14-17,19-25,28,34,36,40H,2-3,7-8,12-13,18,26-27H2,1H3,(H2,47,51)(H,49,52)/t34-,36+,40?/m0/s1. The molecule has 0 bridgehead atoms. The highest BCUT2D eigenvalue weighted by atomic mass is 19.4. The third kappa shape index (κ3) is 8.87. The Bertz CT molecular complexity index is 1940. The Labute approximate surface area is 308 Å². The maximum atomic E-state index is 14.8. The Balaban J connectivity index is 1.37. The molecule has 3 amide bonds. The normalized spacial score (nSPS) is 17.4. The molecule has 1 unspecified atom stereocenters. The predicted octanol–water partition coefficient (Wildman–Crippen LogP) is 8.69. The van der Waals surface area contributed by atoms with Crippen LogP contribution in [-0.2, 0) is 27.1 Å². The number of hydrogen-bond acceptors (Lipinski definition) is 4. The molecule has 7 nitrogen and oxygen atoms in total. The van der Waals surface area contributed by atoms with Crippen molar-refractivity contribution in [2.24, 2.45) is 28.5 Å². The number of nitrogens with one attached hydrogen (secondary N) is 1. The van der Waals surface area contributed by atoms with E-state index in [2.05, 4.69) is 5.32 Å². The second-order valence-corrected chi connectivity index (χ2v) is 14.1. The Morgan fingerprint density at radius 3 is 2.23 bits per heavy atom. The number of amides is 3. The fraction of sp³-hybridized carbons (Fsp3) is 0.349. The lowest BCUT2D eigenvalue weighted by atomic mass is 9.80. The molecule has 3 N–H and O–H groups in total. The molecule has 0 aromatic heterocycles. The van der Waals surface area contributed by atoms with E-state index in [1.807, 2.05) is 79.7 Å². The molecule has 0 spiro atoms. The van der Waals surface area contributed by atoms with Crippen LogP contribution in [-0.4, -0.2) is 29.6 Å². The van der Waals surface area contributed by atoms with E-state index in [4.69, 9.17) is 10.7 Å². The van der Waals surface area contributed by atoms with Crippen LogP contribution in [0.15, 0.2) is 108 Å². The first-order valence-electron chi connectivity index (χ1n) is 18.4. The van der Waals surface area contributed by atoms with Crippen LogP contribution in [0.5, 0.6) is 0 Å². The molecule has 4 aromatic carbocycles. The topological polar surface area (TPSA) is 105 Å². The SMILES string of the molecule is CCCC[C@H](C(N)=O)[C@@H](CC1CCCC1)C(=O)NC1N=C(c2ccccc2)c2ccccc2N(Cc2cccc(-c3ccc(C(F)(F)F)cc3)c2)C1=O. The number of nitrogens with two attached hydrogens (primary N) is 1. The molecule has 1 heterocycles. The smallest absolute Gasteiger partial charge is 0.369 e. The first kappa shape index (κ1) is 37.5. The van der Waals surface area contributed by atoms with Crippen molar-refractivity contribution in [3.8, 4) is 11.1 Å². The summed E-state index contributed by atoms with van der Waals surface area (Å²) in [5.41, 5.74) is 9.82. The van der Waals surface area contributed by atoms with E-state index < -0.39 is 47.5 Å². The van der Waals surface area contributed by atoms with Gasteiger partial charge in [0.15, 0.2) is 0 Å². The van der Waals surface area contributed by atoms with Gasteiger partial charge in [-0.1, -0.05) is 124 Å². The Morgan fingerprint density at radius 2 is 1.55 bits per heavy atom. The highest BCUT2D eigenvalue weighted by Gasteiger charge is 2.39. The molecule has 276 valence electrons. The summed E-state index contributed by atoms with van der Waals surface area (Å²) >= 11 is 0. The highest BCUT2D eigenvalue weighted by Crippen LogP contribution is 2.36. The van der Waals surface area contributed by atoms with Crippen LogP contribution in [0.2, 0.25) is 0 Å². The lowest BCUT2D eigenvalue weighted by Gasteiger charge is -2.29. The number of benzodiazepines with no additional fused rings is 1. The van der Waals surface area contributed by atoms with Crippen LogP contribution < -0.4 is 16.0 Å². The highest BCUT2D eigenvalue weighted by molar-refractivity contribution is 6.20. The van der Waals surface area contributed by atoms with Crippen LogP contribution >= 0.6 is 0 Å². The average molecular weight is 723 g/mol. The van der Waals surface area contributed by atoms with Gasteiger partial charge in [-0.2, -0.15) is 13.2 Å². The predicted molar refractivity (Wildman–Crippen MR) is 201 cm³/mol. The zero-order valence-corrected chi connectivity index (χ0v) is 29.8. The number of unbranched alkanes of at least 4 members (excludes halogenated alkanes) is 1. The Hall–Kier alpha value is -5.25. The van der Waals surface area contributed by atoms with E-state index in [9.17, 15) is 27.6 Å². The summed E-state index contributed by atoms with van der Waals surface area (Å²) in [7, 11) is 0. The van der Waals surface area contributed by atoms with Crippen LogP contribution in [0.1, 0.15) is 80.5 Å². The van der Waals surface area contributed by atoms with Gasteiger partial charge in [-0.3, -0.25) is 14.4 Å². The monoisotopic (exact) mass is 722 g/mol. The first-order chi connectivity index (χ1) is 25.5. The molecule has 2 aliphatic rings. The number of hydrogen-bond donors (Lipinski definition) is 2. The Morgan fingerprint density at radius 1 is 0.868 bits per heavy atom. The number of para-hydroxylation sites is 1. The van der Waals surface area contributed by atoms with Gasteiger partial charge in [0.25, 0.3) is 5.91 Å². The summed E-state index contributed by atoms with van der Waals surface area (Å²) in [6.45, 7) is 2.12. The van der Waals surface area contributed by atoms with Crippen LogP contribution in [0.25, 0.3) is 11.1 Å². The first-order valence-corrected chi connectivity index (χ1v) is 18.4. The molecule has 1 saturated carbocycles. The molecule has 4 aromatic rings. The summed E-state index contributed by atoms with van der Waals surface area (Å²) in [5.74, 6) is -2.47.